The summed E-state index contributed by atoms with van der Waals surface area (Å²) in [5.74, 6) is 1.44. The van der Waals surface area contributed by atoms with Gasteiger partial charge in [0.2, 0.25) is 0 Å². The second-order valence-corrected chi connectivity index (χ2v) is 6.02. The minimum atomic E-state index is -0.295. The molecule has 0 aliphatic carbocycles. The lowest BCUT2D eigenvalue weighted by Crippen LogP contribution is -2.43. The lowest BCUT2D eigenvalue weighted by Gasteiger charge is -2.31. The second kappa shape index (κ2) is 8.13. The summed E-state index contributed by atoms with van der Waals surface area (Å²) in [6.07, 6.45) is 1.46. The Morgan fingerprint density at radius 3 is 2.46 bits per heavy atom. The monoisotopic (exact) mass is 328 g/mol. The summed E-state index contributed by atoms with van der Waals surface area (Å²) < 4.78 is 18.1. The van der Waals surface area contributed by atoms with Gasteiger partial charge in [0.25, 0.3) is 0 Å². The second-order valence-electron chi connectivity index (χ2n) is 6.02. The molecule has 1 aromatic heterocycles. The quantitative estimate of drug-likeness (QED) is 0.883. The van der Waals surface area contributed by atoms with E-state index in [1.807, 2.05) is 56.3 Å². The average molecular weight is 328 g/mol. The van der Waals surface area contributed by atoms with Crippen LogP contribution in [-0.4, -0.2) is 36.9 Å². The van der Waals surface area contributed by atoms with Crippen LogP contribution in [0.25, 0.3) is 0 Å². The van der Waals surface area contributed by atoms with Gasteiger partial charge in [0.05, 0.1) is 18.4 Å². The van der Waals surface area contributed by atoms with E-state index in [4.69, 9.17) is 14.2 Å². The average Bonchev–Trinajstić information content (AvgIpc) is 2.62. The van der Waals surface area contributed by atoms with Gasteiger partial charge in [-0.15, -0.1) is 0 Å². The third kappa shape index (κ3) is 4.24. The molecule has 2 aromatic rings. The van der Waals surface area contributed by atoms with Crippen molar-refractivity contribution in [2.75, 3.05) is 19.7 Å². The van der Waals surface area contributed by atoms with Gasteiger partial charge in [-0.3, -0.25) is 4.98 Å². The van der Waals surface area contributed by atoms with Crippen molar-refractivity contribution in [1.29, 1.82) is 0 Å². The number of aromatic nitrogens is 1. The van der Waals surface area contributed by atoms with Crippen molar-refractivity contribution in [3.63, 3.8) is 0 Å². The van der Waals surface area contributed by atoms with E-state index in [2.05, 4.69) is 10.3 Å². The Bertz CT molecular complexity index is 628. The number of hydrogen-bond acceptors (Lipinski definition) is 5. The SMILES string of the molecule is CC(C)Oc1ccccc1OC(c1ccccn1)[C@@H]1CNCCO1. The number of morpholine rings is 1. The molecular formula is C19H24N2O3. The van der Waals surface area contributed by atoms with Crippen LogP contribution in [0.3, 0.4) is 0 Å². The van der Waals surface area contributed by atoms with Crippen molar-refractivity contribution in [2.45, 2.75) is 32.2 Å². The van der Waals surface area contributed by atoms with Gasteiger partial charge in [-0.2, -0.15) is 0 Å². The standard InChI is InChI=1S/C19H24N2O3/c1-14(2)23-16-8-3-4-9-17(16)24-19(15-7-5-6-10-21-15)18-13-20-11-12-22-18/h3-10,14,18-20H,11-13H2,1-2H3/t18-,19?/m0/s1. The van der Waals surface area contributed by atoms with E-state index in [1.165, 1.54) is 0 Å². The van der Waals surface area contributed by atoms with Gasteiger partial charge >= 0.3 is 0 Å². The predicted molar refractivity (Wildman–Crippen MR) is 92.4 cm³/mol. The number of nitrogens with zero attached hydrogens (tertiary/aromatic N) is 1. The number of rotatable bonds is 6. The number of hydrogen-bond donors (Lipinski definition) is 1. The molecule has 0 bridgehead atoms. The van der Waals surface area contributed by atoms with Gasteiger partial charge in [0.15, 0.2) is 17.6 Å². The van der Waals surface area contributed by atoms with E-state index >= 15 is 0 Å². The lowest BCUT2D eigenvalue weighted by molar-refractivity contribution is -0.0455. The van der Waals surface area contributed by atoms with Crippen LogP contribution in [0.2, 0.25) is 0 Å². The summed E-state index contributed by atoms with van der Waals surface area (Å²) >= 11 is 0. The van der Waals surface area contributed by atoms with Crippen LogP contribution in [0.15, 0.2) is 48.7 Å². The van der Waals surface area contributed by atoms with Crippen LogP contribution < -0.4 is 14.8 Å². The van der Waals surface area contributed by atoms with Gasteiger partial charge in [-0.1, -0.05) is 18.2 Å². The molecule has 0 radical (unpaired) electrons. The van der Waals surface area contributed by atoms with Crippen molar-refractivity contribution in [3.05, 3.63) is 54.4 Å². The molecule has 1 saturated heterocycles. The van der Waals surface area contributed by atoms with Crippen molar-refractivity contribution in [3.8, 4) is 11.5 Å². The molecule has 128 valence electrons. The van der Waals surface area contributed by atoms with E-state index in [1.54, 1.807) is 6.20 Å². The Labute approximate surface area is 143 Å². The lowest BCUT2D eigenvalue weighted by atomic mass is 10.1. The van der Waals surface area contributed by atoms with E-state index in [-0.39, 0.29) is 18.3 Å². The van der Waals surface area contributed by atoms with Crippen LogP contribution in [0, 0.1) is 0 Å². The molecule has 1 unspecified atom stereocenters. The van der Waals surface area contributed by atoms with E-state index in [0.717, 1.165) is 24.5 Å². The van der Waals surface area contributed by atoms with Gasteiger partial charge < -0.3 is 19.5 Å². The highest BCUT2D eigenvalue weighted by Gasteiger charge is 2.29. The number of benzene rings is 1. The van der Waals surface area contributed by atoms with E-state index in [0.29, 0.717) is 12.4 Å². The first-order chi connectivity index (χ1) is 11.7. The summed E-state index contributed by atoms with van der Waals surface area (Å²) in [7, 11) is 0. The molecule has 0 spiro atoms. The fourth-order valence-corrected chi connectivity index (χ4v) is 2.69. The highest BCUT2D eigenvalue weighted by atomic mass is 16.6. The smallest absolute Gasteiger partial charge is 0.168 e. The summed E-state index contributed by atoms with van der Waals surface area (Å²) in [5.41, 5.74) is 0.852. The normalized spacial score (nSPS) is 19.0. The third-order valence-electron chi connectivity index (χ3n) is 3.74. The highest BCUT2D eigenvalue weighted by molar-refractivity contribution is 5.40. The molecule has 1 N–H and O–H groups in total. The molecule has 1 aliphatic rings. The molecule has 1 aromatic carbocycles. The van der Waals surface area contributed by atoms with Crippen molar-refractivity contribution in [2.24, 2.45) is 0 Å². The molecule has 1 fully saturated rings. The molecule has 2 atom stereocenters. The molecule has 5 nitrogen and oxygen atoms in total. The number of pyridine rings is 1. The van der Waals surface area contributed by atoms with Crippen LogP contribution in [0.1, 0.15) is 25.6 Å². The molecule has 3 rings (SSSR count). The Morgan fingerprint density at radius 2 is 1.83 bits per heavy atom. The molecule has 0 saturated carbocycles. The Balaban J connectivity index is 1.87. The van der Waals surface area contributed by atoms with Gasteiger partial charge in [-0.25, -0.2) is 0 Å². The topological polar surface area (TPSA) is 52.6 Å². The van der Waals surface area contributed by atoms with Crippen LogP contribution in [0.5, 0.6) is 11.5 Å². The highest BCUT2D eigenvalue weighted by Crippen LogP contribution is 2.33. The van der Waals surface area contributed by atoms with Crippen LogP contribution >= 0.6 is 0 Å². The maximum Gasteiger partial charge on any atom is 0.168 e. The first-order valence-electron chi connectivity index (χ1n) is 8.39. The first kappa shape index (κ1) is 16.7. The Morgan fingerprint density at radius 1 is 1.08 bits per heavy atom. The molecule has 1 aliphatic heterocycles. The largest absolute Gasteiger partial charge is 0.487 e. The van der Waals surface area contributed by atoms with Gasteiger partial charge in [-0.05, 0) is 38.1 Å². The van der Waals surface area contributed by atoms with Crippen molar-refractivity contribution in [1.82, 2.24) is 10.3 Å². The molecular weight excluding hydrogens is 304 g/mol. The Hall–Kier alpha value is -2.11. The summed E-state index contributed by atoms with van der Waals surface area (Å²) in [6, 6.07) is 13.6. The number of ether oxygens (including phenoxy) is 3. The predicted octanol–water partition coefficient (Wildman–Crippen LogP) is 2.98. The molecule has 0 amide bonds. The molecule has 5 heteroatoms. The summed E-state index contributed by atoms with van der Waals surface area (Å²) in [5, 5.41) is 3.35. The zero-order chi connectivity index (χ0) is 16.8. The number of nitrogens with one attached hydrogen (secondary N) is 1. The first-order valence-corrected chi connectivity index (χ1v) is 8.39. The maximum absolute atomic E-state index is 6.32. The Kier molecular flexibility index (Phi) is 5.67. The van der Waals surface area contributed by atoms with Gasteiger partial charge in [0, 0.05) is 19.3 Å². The minimum Gasteiger partial charge on any atom is -0.487 e. The molecule has 24 heavy (non-hydrogen) atoms. The fraction of sp³-hybridized carbons (Fsp3) is 0.421. The minimum absolute atomic E-state index is 0.0793. The zero-order valence-electron chi connectivity index (χ0n) is 14.1. The summed E-state index contributed by atoms with van der Waals surface area (Å²) in [6.45, 7) is 6.26. The van der Waals surface area contributed by atoms with Crippen molar-refractivity contribution < 1.29 is 14.2 Å². The van der Waals surface area contributed by atoms with Gasteiger partial charge in [0.1, 0.15) is 6.10 Å². The van der Waals surface area contributed by atoms with Crippen LogP contribution in [-0.2, 0) is 4.74 Å². The fourth-order valence-electron chi connectivity index (χ4n) is 2.69. The van der Waals surface area contributed by atoms with E-state index in [9.17, 15) is 0 Å². The van der Waals surface area contributed by atoms with Crippen LogP contribution in [0.4, 0.5) is 0 Å². The van der Waals surface area contributed by atoms with E-state index < -0.39 is 0 Å². The number of para-hydroxylation sites is 2. The maximum atomic E-state index is 6.32. The third-order valence-corrected chi connectivity index (χ3v) is 3.74. The molecule has 2 heterocycles. The summed E-state index contributed by atoms with van der Waals surface area (Å²) in [4.78, 5) is 4.47. The van der Waals surface area contributed by atoms with Crippen molar-refractivity contribution >= 4 is 0 Å². The zero-order valence-corrected chi connectivity index (χ0v) is 14.1.